The zero-order valence-corrected chi connectivity index (χ0v) is 15.1. The average Bonchev–Trinajstić information content (AvgIpc) is 2.70. The van der Waals surface area contributed by atoms with Gasteiger partial charge in [0.1, 0.15) is 0 Å². The van der Waals surface area contributed by atoms with E-state index in [4.69, 9.17) is 0 Å². The fourth-order valence-corrected chi connectivity index (χ4v) is 6.34. The second-order valence-electron chi connectivity index (χ2n) is 8.62. The third-order valence-corrected chi connectivity index (χ3v) is 7.41. The number of hydrogen-bond acceptors (Lipinski definition) is 0. The number of rotatable bonds is 0. The molecular weight excluding hydrogens is 312 g/mol. The normalized spacial score (nSPS) is 22.0. The Hall–Kier alpha value is -2.34. The van der Waals surface area contributed by atoms with Crippen LogP contribution in [-0.2, 0) is 19.3 Å². The topological polar surface area (TPSA) is 0 Å². The number of benzene rings is 3. The van der Waals surface area contributed by atoms with Crippen LogP contribution in [0.15, 0.2) is 36.4 Å². The highest BCUT2D eigenvalue weighted by atomic mass is 14.3. The van der Waals surface area contributed by atoms with Crippen LogP contribution in [0.1, 0.15) is 65.0 Å². The van der Waals surface area contributed by atoms with Crippen LogP contribution in [0.5, 0.6) is 0 Å². The number of fused-ring (bicyclic) bond motifs is 2. The van der Waals surface area contributed by atoms with Gasteiger partial charge in [0.15, 0.2) is 0 Å². The fraction of sp³-hybridized carbons (Fsp3) is 0.308. The molecule has 0 radical (unpaired) electrons. The number of allylic oxidation sites excluding steroid dienone is 3. The van der Waals surface area contributed by atoms with Gasteiger partial charge in [0, 0.05) is 5.92 Å². The summed E-state index contributed by atoms with van der Waals surface area (Å²) in [5.74, 6) is 0.645. The van der Waals surface area contributed by atoms with Gasteiger partial charge in [-0.25, -0.2) is 0 Å². The molecule has 0 saturated carbocycles. The van der Waals surface area contributed by atoms with Gasteiger partial charge >= 0.3 is 0 Å². The molecule has 0 nitrogen and oxygen atoms in total. The van der Waals surface area contributed by atoms with Gasteiger partial charge < -0.3 is 0 Å². The Bertz CT molecular complexity index is 1200. The number of hydrogen-bond donors (Lipinski definition) is 0. The molecule has 126 valence electrons. The van der Waals surface area contributed by atoms with Gasteiger partial charge in [-0.3, -0.25) is 0 Å². The molecule has 0 heteroatoms. The molecule has 0 heterocycles. The minimum Gasteiger partial charge on any atom is -0.0763 e. The van der Waals surface area contributed by atoms with Crippen molar-refractivity contribution in [2.45, 2.75) is 50.9 Å². The summed E-state index contributed by atoms with van der Waals surface area (Å²) in [7, 11) is 0. The van der Waals surface area contributed by atoms with Crippen molar-refractivity contribution in [3.8, 4) is 0 Å². The predicted octanol–water partition coefficient (Wildman–Crippen LogP) is 6.72. The van der Waals surface area contributed by atoms with E-state index in [1.54, 1.807) is 44.2 Å². The largest absolute Gasteiger partial charge is 0.0763 e. The van der Waals surface area contributed by atoms with Crippen molar-refractivity contribution in [2.24, 2.45) is 0 Å². The van der Waals surface area contributed by atoms with Gasteiger partial charge in [-0.1, -0.05) is 42.5 Å². The second-order valence-corrected chi connectivity index (χ2v) is 8.62. The summed E-state index contributed by atoms with van der Waals surface area (Å²) < 4.78 is 0. The molecule has 0 amide bonds. The molecule has 1 unspecified atom stereocenters. The Kier molecular flexibility index (Phi) is 2.49. The van der Waals surface area contributed by atoms with E-state index >= 15 is 0 Å². The van der Waals surface area contributed by atoms with Crippen molar-refractivity contribution in [3.05, 3.63) is 69.8 Å². The highest BCUT2D eigenvalue weighted by Crippen LogP contribution is 2.50. The molecule has 7 rings (SSSR count). The van der Waals surface area contributed by atoms with Crippen LogP contribution in [0.3, 0.4) is 0 Å². The highest BCUT2D eigenvalue weighted by molar-refractivity contribution is 6.18. The van der Waals surface area contributed by atoms with E-state index in [1.807, 2.05) is 0 Å². The molecule has 4 aliphatic carbocycles. The van der Waals surface area contributed by atoms with Crippen LogP contribution >= 0.6 is 0 Å². The van der Waals surface area contributed by atoms with Crippen molar-refractivity contribution in [3.63, 3.8) is 0 Å². The van der Waals surface area contributed by atoms with Crippen molar-refractivity contribution in [2.75, 3.05) is 0 Å². The van der Waals surface area contributed by atoms with Crippen molar-refractivity contribution < 1.29 is 0 Å². The van der Waals surface area contributed by atoms with Crippen LogP contribution < -0.4 is 0 Å². The van der Waals surface area contributed by atoms with Gasteiger partial charge in [0.05, 0.1) is 0 Å². The van der Waals surface area contributed by atoms with Gasteiger partial charge in [0.25, 0.3) is 0 Å². The molecule has 0 aliphatic heterocycles. The molecule has 3 aromatic rings. The summed E-state index contributed by atoms with van der Waals surface area (Å²) in [4.78, 5) is 0. The molecule has 26 heavy (non-hydrogen) atoms. The average molecular weight is 334 g/mol. The Morgan fingerprint density at radius 3 is 2.62 bits per heavy atom. The van der Waals surface area contributed by atoms with E-state index in [9.17, 15) is 0 Å². The Balaban J connectivity index is 1.74. The maximum atomic E-state index is 2.54. The van der Waals surface area contributed by atoms with E-state index in [1.165, 1.54) is 54.9 Å². The third kappa shape index (κ3) is 1.53. The standard InChI is InChI=1S/C26H22/c1-3-15-7-11-19-21-13-9-17-5-2-6-18-10-14-22(26(21)24(17)18)20-12-8-16(4-1)23(15)25(19)20/h7-13,16H,1-6,14H2. The van der Waals surface area contributed by atoms with Gasteiger partial charge in [0.2, 0.25) is 0 Å². The van der Waals surface area contributed by atoms with Crippen molar-refractivity contribution in [1.29, 1.82) is 0 Å². The molecule has 0 saturated heterocycles. The summed E-state index contributed by atoms with van der Waals surface area (Å²) in [5.41, 5.74) is 11.2. The first-order chi connectivity index (χ1) is 12.9. The minimum absolute atomic E-state index is 0.645. The minimum atomic E-state index is 0.645. The highest BCUT2D eigenvalue weighted by Gasteiger charge is 2.30. The van der Waals surface area contributed by atoms with E-state index in [-0.39, 0.29) is 0 Å². The van der Waals surface area contributed by atoms with E-state index in [0.29, 0.717) is 5.92 Å². The maximum Gasteiger partial charge on any atom is 0.00305 e. The molecule has 0 fully saturated rings. The van der Waals surface area contributed by atoms with E-state index < -0.39 is 0 Å². The molecule has 0 spiro atoms. The van der Waals surface area contributed by atoms with Gasteiger partial charge in [-0.15, -0.1) is 0 Å². The van der Waals surface area contributed by atoms with Gasteiger partial charge in [-0.2, -0.15) is 0 Å². The lowest BCUT2D eigenvalue weighted by molar-refractivity contribution is 0.633. The lowest BCUT2D eigenvalue weighted by Gasteiger charge is -2.33. The summed E-state index contributed by atoms with van der Waals surface area (Å²) in [6.07, 6.45) is 16.4. The first-order valence-electron chi connectivity index (χ1n) is 10.3. The Morgan fingerprint density at radius 2 is 1.65 bits per heavy atom. The quantitative estimate of drug-likeness (QED) is 0.400. The SMILES string of the molecule is C1=CC2CCCc3ccc4c(c1c1c5c6c(ccc54)CCCC6=CC1)c32. The maximum absolute atomic E-state index is 2.54. The summed E-state index contributed by atoms with van der Waals surface area (Å²) in [6, 6.07) is 9.74. The van der Waals surface area contributed by atoms with Crippen molar-refractivity contribution >= 4 is 33.2 Å². The van der Waals surface area contributed by atoms with Crippen LogP contribution in [0.4, 0.5) is 0 Å². The summed E-state index contributed by atoms with van der Waals surface area (Å²) in [6.45, 7) is 0. The summed E-state index contributed by atoms with van der Waals surface area (Å²) >= 11 is 0. The third-order valence-electron chi connectivity index (χ3n) is 7.41. The lowest BCUT2D eigenvalue weighted by Crippen LogP contribution is -2.14. The Labute approximate surface area is 154 Å². The first kappa shape index (κ1) is 13.8. The molecule has 0 aromatic heterocycles. The summed E-state index contributed by atoms with van der Waals surface area (Å²) in [5, 5.41) is 6.18. The second kappa shape index (κ2) is 4.68. The van der Waals surface area contributed by atoms with Crippen LogP contribution in [0, 0.1) is 0 Å². The van der Waals surface area contributed by atoms with E-state index in [2.05, 4.69) is 42.5 Å². The Morgan fingerprint density at radius 1 is 0.808 bits per heavy atom. The lowest BCUT2D eigenvalue weighted by atomic mass is 9.71. The predicted molar refractivity (Wildman–Crippen MR) is 111 cm³/mol. The zero-order chi connectivity index (χ0) is 16.8. The molecule has 1 atom stereocenters. The number of aryl methyl sites for hydroxylation is 2. The van der Waals surface area contributed by atoms with Gasteiger partial charge in [-0.05, 0) is 105 Å². The van der Waals surface area contributed by atoms with Crippen molar-refractivity contribution in [1.82, 2.24) is 0 Å². The molecular formula is C26H22. The fourth-order valence-electron chi connectivity index (χ4n) is 6.34. The first-order valence-corrected chi connectivity index (χ1v) is 10.3. The smallest absolute Gasteiger partial charge is 0.00305 e. The van der Waals surface area contributed by atoms with Crippen LogP contribution in [-0.4, -0.2) is 0 Å². The van der Waals surface area contributed by atoms with Crippen LogP contribution in [0.25, 0.3) is 33.2 Å². The molecule has 0 N–H and O–H groups in total. The molecule has 4 aliphatic rings. The van der Waals surface area contributed by atoms with Crippen LogP contribution in [0.2, 0.25) is 0 Å². The molecule has 3 aromatic carbocycles. The zero-order valence-electron chi connectivity index (χ0n) is 15.1. The monoisotopic (exact) mass is 334 g/mol. The molecule has 0 bridgehead atoms. The van der Waals surface area contributed by atoms with E-state index in [0.717, 1.165) is 6.42 Å².